The van der Waals surface area contributed by atoms with Crippen LogP contribution in [0, 0.1) is 0 Å². The second kappa shape index (κ2) is 6.62. The Hall–Kier alpha value is -1.66. The summed E-state index contributed by atoms with van der Waals surface area (Å²) in [6.45, 7) is 8.15. The standard InChI is InChI=1S/C16H23N3O3/c1-12-10-19(11-13(2)22-12)16(20)14-4-3-5-17-15(14)18-6-8-21-9-7-18/h3-5,12-13H,6-11H2,1-2H3. The maximum absolute atomic E-state index is 12.9. The van der Waals surface area contributed by atoms with Crippen LogP contribution in [0.3, 0.4) is 0 Å². The molecule has 1 aromatic heterocycles. The zero-order valence-electron chi connectivity index (χ0n) is 13.2. The van der Waals surface area contributed by atoms with Gasteiger partial charge in [0.25, 0.3) is 5.91 Å². The molecule has 0 bridgehead atoms. The molecular formula is C16H23N3O3. The number of anilines is 1. The van der Waals surface area contributed by atoms with Crippen molar-refractivity contribution in [1.82, 2.24) is 9.88 Å². The van der Waals surface area contributed by atoms with Gasteiger partial charge in [0.15, 0.2) is 0 Å². The topological polar surface area (TPSA) is 54.9 Å². The first-order valence-electron chi connectivity index (χ1n) is 7.87. The Balaban J connectivity index is 1.82. The Bertz CT molecular complexity index is 521. The molecule has 6 heteroatoms. The number of morpholine rings is 2. The molecule has 2 aliphatic rings. The van der Waals surface area contributed by atoms with E-state index in [2.05, 4.69) is 9.88 Å². The normalized spacial score (nSPS) is 26.1. The van der Waals surface area contributed by atoms with Crippen LogP contribution < -0.4 is 4.90 Å². The van der Waals surface area contributed by atoms with Crippen molar-refractivity contribution in [3.8, 4) is 0 Å². The number of ether oxygens (including phenoxy) is 2. The second-order valence-electron chi connectivity index (χ2n) is 5.94. The number of hydrogen-bond donors (Lipinski definition) is 0. The monoisotopic (exact) mass is 305 g/mol. The first-order valence-corrected chi connectivity index (χ1v) is 7.87. The molecule has 6 nitrogen and oxygen atoms in total. The van der Waals surface area contributed by atoms with Crippen LogP contribution >= 0.6 is 0 Å². The third-order valence-corrected chi connectivity index (χ3v) is 4.03. The van der Waals surface area contributed by atoms with Crippen molar-refractivity contribution in [3.05, 3.63) is 23.9 Å². The van der Waals surface area contributed by atoms with Crippen molar-refractivity contribution in [2.24, 2.45) is 0 Å². The molecule has 1 amide bonds. The molecule has 120 valence electrons. The molecule has 0 saturated carbocycles. The number of aromatic nitrogens is 1. The minimum atomic E-state index is 0.0385. The fraction of sp³-hybridized carbons (Fsp3) is 0.625. The van der Waals surface area contributed by atoms with E-state index >= 15 is 0 Å². The Morgan fingerprint density at radius 1 is 1.23 bits per heavy atom. The van der Waals surface area contributed by atoms with Gasteiger partial charge in [-0.15, -0.1) is 0 Å². The van der Waals surface area contributed by atoms with Crippen LogP contribution in [0.5, 0.6) is 0 Å². The van der Waals surface area contributed by atoms with Crippen LogP contribution in [0.2, 0.25) is 0 Å². The van der Waals surface area contributed by atoms with Crippen LogP contribution in [0.25, 0.3) is 0 Å². The van der Waals surface area contributed by atoms with E-state index in [1.165, 1.54) is 0 Å². The Kier molecular flexibility index (Phi) is 4.59. The van der Waals surface area contributed by atoms with Crippen molar-refractivity contribution < 1.29 is 14.3 Å². The Morgan fingerprint density at radius 3 is 2.59 bits per heavy atom. The lowest BCUT2D eigenvalue weighted by Crippen LogP contribution is -2.48. The minimum Gasteiger partial charge on any atom is -0.378 e. The molecule has 0 spiro atoms. The lowest BCUT2D eigenvalue weighted by atomic mass is 10.1. The van der Waals surface area contributed by atoms with Gasteiger partial charge in [0.05, 0.1) is 31.0 Å². The first-order chi connectivity index (χ1) is 10.6. The highest BCUT2D eigenvalue weighted by Crippen LogP contribution is 2.22. The number of nitrogens with zero attached hydrogens (tertiary/aromatic N) is 3. The van der Waals surface area contributed by atoms with E-state index in [-0.39, 0.29) is 18.1 Å². The number of rotatable bonds is 2. The highest BCUT2D eigenvalue weighted by atomic mass is 16.5. The van der Waals surface area contributed by atoms with E-state index in [9.17, 15) is 4.79 Å². The van der Waals surface area contributed by atoms with Crippen LogP contribution in [0.4, 0.5) is 5.82 Å². The quantitative estimate of drug-likeness (QED) is 0.821. The highest BCUT2D eigenvalue weighted by Gasteiger charge is 2.29. The lowest BCUT2D eigenvalue weighted by Gasteiger charge is -2.36. The van der Waals surface area contributed by atoms with Gasteiger partial charge in [0, 0.05) is 32.4 Å². The van der Waals surface area contributed by atoms with Gasteiger partial charge in [-0.3, -0.25) is 4.79 Å². The molecule has 3 rings (SSSR count). The van der Waals surface area contributed by atoms with Gasteiger partial charge >= 0.3 is 0 Å². The molecule has 2 fully saturated rings. The maximum atomic E-state index is 12.9. The number of hydrogen-bond acceptors (Lipinski definition) is 5. The zero-order chi connectivity index (χ0) is 15.5. The number of carbonyl (C=O) groups is 1. The third kappa shape index (κ3) is 3.23. The molecule has 2 saturated heterocycles. The number of carbonyl (C=O) groups excluding carboxylic acids is 1. The van der Waals surface area contributed by atoms with Crippen molar-refractivity contribution >= 4 is 11.7 Å². The number of amides is 1. The molecule has 0 aliphatic carbocycles. The molecule has 0 radical (unpaired) electrons. The molecule has 0 aromatic carbocycles. The summed E-state index contributed by atoms with van der Waals surface area (Å²) in [6, 6.07) is 3.69. The molecule has 1 aromatic rings. The summed E-state index contributed by atoms with van der Waals surface area (Å²) in [7, 11) is 0. The summed E-state index contributed by atoms with van der Waals surface area (Å²) < 4.78 is 11.1. The van der Waals surface area contributed by atoms with Gasteiger partial charge in [0.2, 0.25) is 0 Å². The fourth-order valence-corrected chi connectivity index (χ4v) is 3.11. The molecule has 2 unspecified atom stereocenters. The van der Waals surface area contributed by atoms with Crippen molar-refractivity contribution in [1.29, 1.82) is 0 Å². The summed E-state index contributed by atoms with van der Waals surface area (Å²) in [5.74, 6) is 0.805. The van der Waals surface area contributed by atoms with Gasteiger partial charge in [-0.1, -0.05) is 0 Å². The Morgan fingerprint density at radius 2 is 1.91 bits per heavy atom. The third-order valence-electron chi connectivity index (χ3n) is 4.03. The largest absolute Gasteiger partial charge is 0.378 e. The van der Waals surface area contributed by atoms with Crippen molar-refractivity contribution in [2.75, 3.05) is 44.3 Å². The number of pyridine rings is 1. The van der Waals surface area contributed by atoms with Crippen molar-refractivity contribution in [3.63, 3.8) is 0 Å². The summed E-state index contributed by atoms with van der Waals surface area (Å²) in [5, 5.41) is 0. The van der Waals surface area contributed by atoms with Gasteiger partial charge in [-0.2, -0.15) is 0 Å². The summed E-state index contributed by atoms with van der Waals surface area (Å²) >= 11 is 0. The molecule has 2 atom stereocenters. The van der Waals surface area contributed by atoms with Gasteiger partial charge in [0.1, 0.15) is 5.82 Å². The van der Waals surface area contributed by atoms with E-state index in [1.807, 2.05) is 30.9 Å². The Labute approximate surface area is 131 Å². The van der Waals surface area contributed by atoms with Crippen LogP contribution in [-0.4, -0.2) is 67.4 Å². The van der Waals surface area contributed by atoms with E-state index in [0.29, 0.717) is 31.9 Å². The summed E-state index contributed by atoms with van der Waals surface area (Å²) in [5.41, 5.74) is 0.672. The van der Waals surface area contributed by atoms with E-state index in [4.69, 9.17) is 9.47 Å². The summed E-state index contributed by atoms with van der Waals surface area (Å²) in [4.78, 5) is 21.4. The zero-order valence-corrected chi connectivity index (χ0v) is 13.2. The molecule has 3 heterocycles. The average Bonchev–Trinajstić information content (AvgIpc) is 2.54. The van der Waals surface area contributed by atoms with Crippen molar-refractivity contribution in [2.45, 2.75) is 26.1 Å². The van der Waals surface area contributed by atoms with Gasteiger partial charge in [-0.05, 0) is 26.0 Å². The smallest absolute Gasteiger partial charge is 0.257 e. The SMILES string of the molecule is CC1CN(C(=O)c2cccnc2N2CCOCC2)CC(C)O1. The van der Waals surface area contributed by atoms with E-state index in [0.717, 1.165) is 18.9 Å². The van der Waals surface area contributed by atoms with E-state index < -0.39 is 0 Å². The van der Waals surface area contributed by atoms with Gasteiger partial charge < -0.3 is 19.3 Å². The maximum Gasteiger partial charge on any atom is 0.257 e. The first kappa shape index (κ1) is 15.2. The van der Waals surface area contributed by atoms with Crippen LogP contribution in [0.1, 0.15) is 24.2 Å². The van der Waals surface area contributed by atoms with Crippen LogP contribution in [0.15, 0.2) is 18.3 Å². The summed E-state index contributed by atoms with van der Waals surface area (Å²) in [6.07, 6.45) is 1.87. The van der Waals surface area contributed by atoms with Gasteiger partial charge in [-0.25, -0.2) is 4.98 Å². The molecule has 22 heavy (non-hydrogen) atoms. The average molecular weight is 305 g/mol. The predicted molar refractivity (Wildman–Crippen MR) is 83.2 cm³/mol. The minimum absolute atomic E-state index is 0.0385. The van der Waals surface area contributed by atoms with E-state index in [1.54, 1.807) is 6.20 Å². The fourth-order valence-electron chi connectivity index (χ4n) is 3.11. The molecule has 0 N–H and O–H groups in total. The highest BCUT2D eigenvalue weighted by molar-refractivity contribution is 5.99. The lowest BCUT2D eigenvalue weighted by molar-refractivity contribution is -0.0586. The predicted octanol–water partition coefficient (Wildman–Crippen LogP) is 1.17. The van der Waals surface area contributed by atoms with Crippen LogP contribution in [-0.2, 0) is 9.47 Å². The second-order valence-corrected chi connectivity index (χ2v) is 5.94. The molecule has 2 aliphatic heterocycles. The molecular weight excluding hydrogens is 282 g/mol.